The van der Waals surface area contributed by atoms with Crippen molar-refractivity contribution in [1.82, 2.24) is 4.98 Å². The molecule has 0 fully saturated rings. The average molecular weight is 239 g/mol. The fourth-order valence-electron chi connectivity index (χ4n) is 1.17. The number of hydrogen-bond acceptors (Lipinski definition) is 5. The number of hydrogen-bond donors (Lipinski definition) is 1. The number of aliphatic hydroxyl groups is 1. The van der Waals surface area contributed by atoms with Crippen molar-refractivity contribution < 1.29 is 19.4 Å². The van der Waals surface area contributed by atoms with Crippen LogP contribution in [0.25, 0.3) is 0 Å². The van der Waals surface area contributed by atoms with E-state index in [0.717, 1.165) is 0 Å². The Balaban J connectivity index is 2.87. The minimum atomic E-state index is -0.456. The first kappa shape index (κ1) is 13.4. The van der Waals surface area contributed by atoms with Crippen LogP contribution in [0, 0.1) is 0 Å². The first-order valence-electron chi connectivity index (χ1n) is 5.47. The second-order valence-corrected chi connectivity index (χ2v) is 3.94. The Kier molecular flexibility index (Phi) is 4.90. The van der Waals surface area contributed by atoms with Gasteiger partial charge < -0.3 is 14.6 Å². The molecular formula is C12H17NO4. The topological polar surface area (TPSA) is 68.7 Å². The van der Waals surface area contributed by atoms with Gasteiger partial charge in [0.1, 0.15) is 11.7 Å². The number of pyridine rings is 1. The Morgan fingerprint density at radius 1 is 1.47 bits per heavy atom. The normalized spacial score (nSPS) is 12.3. The van der Waals surface area contributed by atoms with Crippen molar-refractivity contribution in [2.45, 2.75) is 33.0 Å². The third kappa shape index (κ3) is 4.03. The zero-order chi connectivity index (χ0) is 12.8. The maximum atomic E-state index is 11.8. The molecule has 0 radical (unpaired) electrons. The highest BCUT2D eigenvalue weighted by Gasteiger charge is 2.16. The van der Waals surface area contributed by atoms with Gasteiger partial charge in [0.25, 0.3) is 0 Å². The summed E-state index contributed by atoms with van der Waals surface area (Å²) in [5, 5.41) is 8.91. The van der Waals surface area contributed by atoms with Crippen molar-refractivity contribution in [3.8, 4) is 5.75 Å². The summed E-state index contributed by atoms with van der Waals surface area (Å²) in [7, 11) is 0. The SMILES string of the molecule is CC(C)OC(=O)c1ccncc1OC(C)CO. The lowest BCUT2D eigenvalue weighted by Crippen LogP contribution is -2.19. The number of aromatic nitrogens is 1. The van der Waals surface area contributed by atoms with Gasteiger partial charge in [0.15, 0.2) is 5.75 Å². The van der Waals surface area contributed by atoms with Crippen LogP contribution < -0.4 is 4.74 Å². The van der Waals surface area contributed by atoms with Gasteiger partial charge in [0.05, 0.1) is 18.9 Å². The summed E-state index contributed by atoms with van der Waals surface area (Å²) in [5.74, 6) is -0.137. The molecule has 1 heterocycles. The second-order valence-electron chi connectivity index (χ2n) is 3.94. The summed E-state index contributed by atoms with van der Waals surface area (Å²) < 4.78 is 10.5. The van der Waals surface area contributed by atoms with Gasteiger partial charge in [0.2, 0.25) is 0 Å². The Bertz CT molecular complexity index is 379. The highest BCUT2D eigenvalue weighted by molar-refractivity contribution is 5.92. The number of carbonyl (C=O) groups excluding carboxylic acids is 1. The van der Waals surface area contributed by atoms with E-state index >= 15 is 0 Å². The molecule has 0 spiro atoms. The van der Waals surface area contributed by atoms with Crippen LogP contribution in [0.1, 0.15) is 31.1 Å². The molecule has 0 amide bonds. The number of esters is 1. The largest absolute Gasteiger partial charge is 0.486 e. The molecule has 1 atom stereocenters. The number of ether oxygens (including phenoxy) is 2. The van der Waals surface area contributed by atoms with Gasteiger partial charge in [-0.25, -0.2) is 4.79 Å². The van der Waals surface area contributed by atoms with Gasteiger partial charge in [-0.1, -0.05) is 0 Å². The lowest BCUT2D eigenvalue weighted by molar-refractivity contribution is 0.0368. The quantitative estimate of drug-likeness (QED) is 0.787. The lowest BCUT2D eigenvalue weighted by Gasteiger charge is -2.15. The number of carbonyl (C=O) groups is 1. The van der Waals surface area contributed by atoms with Crippen molar-refractivity contribution in [2.24, 2.45) is 0 Å². The number of aliphatic hydroxyl groups excluding tert-OH is 1. The van der Waals surface area contributed by atoms with Crippen LogP contribution in [-0.2, 0) is 4.74 Å². The fraction of sp³-hybridized carbons (Fsp3) is 0.500. The Hall–Kier alpha value is -1.62. The van der Waals surface area contributed by atoms with E-state index in [9.17, 15) is 4.79 Å². The van der Waals surface area contributed by atoms with E-state index in [1.807, 2.05) is 0 Å². The van der Waals surface area contributed by atoms with E-state index in [0.29, 0.717) is 11.3 Å². The smallest absolute Gasteiger partial charge is 0.342 e. The van der Waals surface area contributed by atoms with E-state index in [1.165, 1.54) is 18.5 Å². The lowest BCUT2D eigenvalue weighted by atomic mass is 10.2. The summed E-state index contributed by atoms with van der Waals surface area (Å²) in [4.78, 5) is 15.6. The zero-order valence-electron chi connectivity index (χ0n) is 10.2. The predicted molar refractivity (Wildman–Crippen MR) is 62.0 cm³/mol. The molecule has 5 heteroatoms. The van der Waals surface area contributed by atoms with Crippen LogP contribution >= 0.6 is 0 Å². The highest BCUT2D eigenvalue weighted by atomic mass is 16.5. The molecule has 0 aliphatic heterocycles. The van der Waals surface area contributed by atoms with Crippen molar-refractivity contribution in [3.05, 3.63) is 24.0 Å². The Morgan fingerprint density at radius 3 is 2.76 bits per heavy atom. The molecule has 0 saturated heterocycles. The van der Waals surface area contributed by atoms with Gasteiger partial charge >= 0.3 is 5.97 Å². The van der Waals surface area contributed by atoms with Crippen LogP contribution in [0.4, 0.5) is 0 Å². The molecule has 0 aliphatic rings. The molecule has 1 rings (SSSR count). The summed E-state index contributed by atoms with van der Waals surface area (Å²) in [6, 6.07) is 1.53. The summed E-state index contributed by atoms with van der Waals surface area (Å²) in [6.07, 6.45) is 2.33. The molecule has 1 aromatic heterocycles. The van der Waals surface area contributed by atoms with E-state index in [-0.39, 0.29) is 12.7 Å². The van der Waals surface area contributed by atoms with Crippen molar-refractivity contribution >= 4 is 5.97 Å². The third-order valence-corrected chi connectivity index (χ3v) is 1.93. The van der Waals surface area contributed by atoms with Gasteiger partial charge in [0, 0.05) is 6.20 Å². The van der Waals surface area contributed by atoms with Gasteiger partial charge in [-0.3, -0.25) is 4.98 Å². The van der Waals surface area contributed by atoms with Crippen LogP contribution in [0.2, 0.25) is 0 Å². The molecule has 94 valence electrons. The third-order valence-electron chi connectivity index (χ3n) is 1.93. The van der Waals surface area contributed by atoms with Gasteiger partial charge in [-0.15, -0.1) is 0 Å². The molecular weight excluding hydrogens is 222 g/mol. The van der Waals surface area contributed by atoms with Crippen molar-refractivity contribution in [2.75, 3.05) is 6.61 Å². The molecule has 0 aliphatic carbocycles. The monoisotopic (exact) mass is 239 g/mol. The molecule has 1 aromatic rings. The van der Waals surface area contributed by atoms with E-state index < -0.39 is 12.1 Å². The van der Waals surface area contributed by atoms with E-state index in [1.54, 1.807) is 20.8 Å². The standard InChI is InChI=1S/C12H17NO4/c1-8(2)16-12(15)10-4-5-13-6-11(10)17-9(3)7-14/h4-6,8-9,14H,7H2,1-3H3. The van der Waals surface area contributed by atoms with Crippen molar-refractivity contribution in [3.63, 3.8) is 0 Å². The van der Waals surface area contributed by atoms with Gasteiger partial charge in [-0.05, 0) is 26.8 Å². The van der Waals surface area contributed by atoms with Crippen LogP contribution in [0.3, 0.4) is 0 Å². The molecule has 1 unspecified atom stereocenters. The first-order chi connectivity index (χ1) is 8.04. The summed E-state index contributed by atoms with van der Waals surface area (Å²) >= 11 is 0. The molecule has 0 saturated carbocycles. The maximum absolute atomic E-state index is 11.8. The molecule has 5 nitrogen and oxygen atoms in total. The maximum Gasteiger partial charge on any atom is 0.342 e. The first-order valence-corrected chi connectivity index (χ1v) is 5.47. The predicted octanol–water partition coefficient (Wildman–Crippen LogP) is 1.41. The Labute approximate surface area is 100 Å². The minimum Gasteiger partial charge on any atom is -0.486 e. The zero-order valence-corrected chi connectivity index (χ0v) is 10.2. The molecule has 1 N–H and O–H groups in total. The fourth-order valence-corrected chi connectivity index (χ4v) is 1.17. The molecule has 0 aromatic carbocycles. The minimum absolute atomic E-state index is 0.131. The van der Waals surface area contributed by atoms with Gasteiger partial charge in [-0.2, -0.15) is 0 Å². The molecule has 0 bridgehead atoms. The Morgan fingerprint density at radius 2 is 2.18 bits per heavy atom. The average Bonchev–Trinajstić information content (AvgIpc) is 2.28. The van der Waals surface area contributed by atoms with Crippen LogP contribution in [0.5, 0.6) is 5.75 Å². The number of rotatable bonds is 5. The van der Waals surface area contributed by atoms with Crippen LogP contribution in [-0.4, -0.2) is 34.9 Å². The van der Waals surface area contributed by atoms with E-state index in [4.69, 9.17) is 14.6 Å². The van der Waals surface area contributed by atoms with E-state index in [2.05, 4.69) is 4.98 Å². The molecule has 17 heavy (non-hydrogen) atoms. The highest BCUT2D eigenvalue weighted by Crippen LogP contribution is 2.19. The van der Waals surface area contributed by atoms with Crippen molar-refractivity contribution in [1.29, 1.82) is 0 Å². The van der Waals surface area contributed by atoms with Crippen LogP contribution in [0.15, 0.2) is 18.5 Å². The second kappa shape index (κ2) is 6.20. The number of nitrogens with zero attached hydrogens (tertiary/aromatic N) is 1. The summed E-state index contributed by atoms with van der Waals surface area (Å²) in [6.45, 7) is 5.12. The summed E-state index contributed by atoms with van der Waals surface area (Å²) in [5.41, 5.74) is 0.314.